The van der Waals surface area contributed by atoms with Gasteiger partial charge in [-0.2, -0.15) is 13.2 Å². The Morgan fingerprint density at radius 2 is 1.96 bits per heavy atom. The number of alkyl halides is 3. The van der Waals surface area contributed by atoms with Gasteiger partial charge in [-0.05, 0) is 19.2 Å². The van der Waals surface area contributed by atoms with Crippen LogP contribution in [0.15, 0.2) is 24.3 Å². The van der Waals surface area contributed by atoms with E-state index in [9.17, 15) is 27.6 Å². The molecule has 10 heteroatoms. The van der Waals surface area contributed by atoms with Gasteiger partial charge in [0.2, 0.25) is 11.8 Å². The fraction of sp³-hybridized carbons (Fsp3) is 0.400. The van der Waals surface area contributed by atoms with E-state index in [1.807, 2.05) is 0 Å². The molecule has 1 saturated heterocycles. The summed E-state index contributed by atoms with van der Waals surface area (Å²) >= 11 is 0. The summed E-state index contributed by atoms with van der Waals surface area (Å²) in [6, 6.07) is 4.13. The number of nitrogens with one attached hydrogen (secondary N) is 2. The Morgan fingerprint density at radius 3 is 2.56 bits per heavy atom. The second-order valence-corrected chi connectivity index (χ2v) is 5.54. The van der Waals surface area contributed by atoms with Crippen molar-refractivity contribution in [2.24, 2.45) is 0 Å². The van der Waals surface area contributed by atoms with Gasteiger partial charge >= 0.3 is 12.2 Å². The van der Waals surface area contributed by atoms with E-state index in [4.69, 9.17) is 0 Å². The number of carbonyl (C=O) groups is 3. The van der Waals surface area contributed by atoms with E-state index in [2.05, 4.69) is 10.6 Å². The number of urea groups is 1. The summed E-state index contributed by atoms with van der Waals surface area (Å²) in [5.74, 6) is -1.18. The molecule has 1 aliphatic rings. The van der Waals surface area contributed by atoms with Crippen LogP contribution < -0.4 is 10.6 Å². The Hall–Kier alpha value is -2.62. The number of nitrogens with zero attached hydrogens (tertiary/aromatic N) is 2. The molecule has 1 aliphatic heterocycles. The molecule has 1 aromatic carbocycles. The number of amides is 4. The van der Waals surface area contributed by atoms with Gasteiger partial charge in [-0.25, -0.2) is 4.79 Å². The third-order valence-electron chi connectivity index (χ3n) is 3.48. The van der Waals surface area contributed by atoms with Gasteiger partial charge in [0.15, 0.2) is 0 Å². The molecule has 4 amide bonds. The fourth-order valence-corrected chi connectivity index (χ4v) is 2.36. The summed E-state index contributed by atoms with van der Waals surface area (Å²) in [7, 11) is 1.46. The van der Waals surface area contributed by atoms with Gasteiger partial charge < -0.3 is 10.6 Å². The van der Waals surface area contributed by atoms with Crippen molar-refractivity contribution in [1.29, 1.82) is 0 Å². The Kier molecular flexibility index (Phi) is 5.62. The van der Waals surface area contributed by atoms with E-state index in [0.717, 1.165) is 17.0 Å². The van der Waals surface area contributed by atoms with Crippen LogP contribution in [0.5, 0.6) is 0 Å². The second-order valence-electron chi connectivity index (χ2n) is 5.54. The zero-order valence-corrected chi connectivity index (χ0v) is 13.4. The monoisotopic (exact) mass is 358 g/mol. The summed E-state index contributed by atoms with van der Waals surface area (Å²) in [4.78, 5) is 37.6. The van der Waals surface area contributed by atoms with Crippen LogP contribution in [0, 0.1) is 0 Å². The Bertz CT molecular complexity index is 678. The lowest BCUT2D eigenvalue weighted by Gasteiger charge is -2.19. The molecule has 1 aromatic rings. The lowest BCUT2D eigenvalue weighted by molar-refractivity contribution is -0.137. The van der Waals surface area contributed by atoms with Crippen molar-refractivity contribution in [2.45, 2.75) is 6.18 Å². The first-order chi connectivity index (χ1) is 11.7. The van der Waals surface area contributed by atoms with Crippen molar-refractivity contribution >= 4 is 23.5 Å². The van der Waals surface area contributed by atoms with Crippen LogP contribution >= 0.6 is 0 Å². The van der Waals surface area contributed by atoms with E-state index in [1.54, 1.807) is 0 Å². The van der Waals surface area contributed by atoms with Crippen molar-refractivity contribution in [3.05, 3.63) is 29.8 Å². The van der Waals surface area contributed by atoms with Crippen LogP contribution in [-0.4, -0.2) is 60.9 Å². The molecule has 0 atom stereocenters. The molecule has 0 radical (unpaired) electrons. The Morgan fingerprint density at radius 1 is 1.28 bits per heavy atom. The maximum absolute atomic E-state index is 12.9. The quantitative estimate of drug-likeness (QED) is 0.827. The van der Waals surface area contributed by atoms with Crippen LogP contribution in [0.1, 0.15) is 5.56 Å². The van der Waals surface area contributed by atoms with Crippen LogP contribution in [0.25, 0.3) is 0 Å². The molecule has 0 aliphatic carbocycles. The number of anilines is 1. The van der Waals surface area contributed by atoms with Gasteiger partial charge in [0, 0.05) is 13.1 Å². The van der Waals surface area contributed by atoms with E-state index in [-0.39, 0.29) is 25.3 Å². The minimum absolute atomic E-state index is 0.207. The predicted molar refractivity (Wildman–Crippen MR) is 82.7 cm³/mol. The zero-order chi connectivity index (χ0) is 18.6. The Balaban J connectivity index is 1.92. The number of imide groups is 1. The molecule has 2 rings (SSSR count). The van der Waals surface area contributed by atoms with Gasteiger partial charge in [-0.15, -0.1) is 0 Å². The minimum Gasteiger partial charge on any atom is -0.336 e. The molecule has 1 heterocycles. The number of rotatable bonds is 5. The molecular weight excluding hydrogens is 341 g/mol. The molecule has 136 valence electrons. The molecule has 0 aromatic heterocycles. The van der Waals surface area contributed by atoms with E-state index in [1.165, 1.54) is 24.1 Å². The number of para-hydroxylation sites is 1. The summed E-state index contributed by atoms with van der Waals surface area (Å²) < 4.78 is 38.7. The average molecular weight is 358 g/mol. The number of hydrogen-bond donors (Lipinski definition) is 2. The SMILES string of the molecule is CN(CC(=O)Nc1ccccc1C(F)(F)F)CC(=O)N1CCNC1=O. The molecule has 0 saturated carbocycles. The van der Waals surface area contributed by atoms with Gasteiger partial charge in [0.25, 0.3) is 0 Å². The standard InChI is InChI=1S/C15H17F3N4O3/c1-21(9-13(24)22-7-6-19-14(22)25)8-12(23)20-11-5-3-2-4-10(11)15(16,17)18/h2-5H,6-9H2,1H3,(H,19,25)(H,20,23). The highest BCUT2D eigenvalue weighted by molar-refractivity contribution is 5.97. The lowest BCUT2D eigenvalue weighted by Crippen LogP contribution is -2.42. The highest BCUT2D eigenvalue weighted by Gasteiger charge is 2.33. The van der Waals surface area contributed by atoms with Crippen molar-refractivity contribution in [2.75, 3.05) is 38.5 Å². The summed E-state index contributed by atoms with van der Waals surface area (Å²) in [6.07, 6.45) is -4.59. The van der Waals surface area contributed by atoms with Crippen molar-refractivity contribution in [1.82, 2.24) is 15.1 Å². The summed E-state index contributed by atoms with van der Waals surface area (Å²) in [5, 5.41) is 4.67. The first-order valence-electron chi connectivity index (χ1n) is 7.41. The topological polar surface area (TPSA) is 81.8 Å². The summed E-state index contributed by atoms with van der Waals surface area (Å²) in [5.41, 5.74) is -1.30. The first kappa shape index (κ1) is 18.7. The van der Waals surface area contributed by atoms with Crippen LogP contribution in [0.4, 0.5) is 23.7 Å². The maximum Gasteiger partial charge on any atom is 0.418 e. The predicted octanol–water partition coefficient (Wildman–Crippen LogP) is 1.13. The maximum atomic E-state index is 12.9. The molecule has 0 spiro atoms. The van der Waals surface area contributed by atoms with Crippen molar-refractivity contribution in [3.63, 3.8) is 0 Å². The first-order valence-corrected chi connectivity index (χ1v) is 7.41. The van der Waals surface area contributed by atoms with Crippen LogP contribution in [0.3, 0.4) is 0 Å². The lowest BCUT2D eigenvalue weighted by atomic mass is 10.1. The highest BCUT2D eigenvalue weighted by Crippen LogP contribution is 2.34. The van der Waals surface area contributed by atoms with Crippen LogP contribution in [-0.2, 0) is 15.8 Å². The van der Waals surface area contributed by atoms with E-state index >= 15 is 0 Å². The molecule has 1 fully saturated rings. The normalized spacial score (nSPS) is 14.6. The number of benzene rings is 1. The number of carbonyl (C=O) groups excluding carboxylic acids is 3. The van der Waals surface area contributed by atoms with E-state index in [0.29, 0.717) is 6.54 Å². The van der Waals surface area contributed by atoms with Crippen molar-refractivity contribution in [3.8, 4) is 0 Å². The third-order valence-corrected chi connectivity index (χ3v) is 3.48. The fourth-order valence-electron chi connectivity index (χ4n) is 2.36. The van der Waals surface area contributed by atoms with E-state index < -0.39 is 29.6 Å². The second kappa shape index (κ2) is 7.51. The molecule has 7 nitrogen and oxygen atoms in total. The van der Waals surface area contributed by atoms with Gasteiger partial charge in [0.1, 0.15) is 0 Å². The molecular formula is C15H17F3N4O3. The van der Waals surface area contributed by atoms with Gasteiger partial charge in [-0.3, -0.25) is 19.4 Å². The number of likely N-dealkylation sites (N-methyl/N-ethyl adjacent to an activating group) is 1. The van der Waals surface area contributed by atoms with Gasteiger partial charge in [0.05, 0.1) is 24.3 Å². The Labute approximate surface area is 141 Å². The largest absolute Gasteiger partial charge is 0.418 e. The average Bonchev–Trinajstić information content (AvgIpc) is 2.92. The molecule has 0 bridgehead atoms. The third kappa shape index (κ3) is 4.92. The zero-order valence-electron chi connectivity index (χ0n) is 13.4. The molecule has 0 unspecified atom stereocenters. The smallest absolute Gasteiger partial charge is 0.336 e. The number of hydrogen-bond acceptors (Lipinski definition) is 4. The van der Waals surface area contributed by atoms with Crippen molar-refractivity contribution < 1.29 is 27.6 Å². The summed E-state index contributed by atoms with van der Waals surface area (Å²) in [6.45, 7) is 0.106. The van der Waals surface area contributed by atoms with Crippen LogP contribution in [0.2, 0.25) is 0 Å². The molecule has 2 N–H and O–H groups in total. The molecule has 25 heavy (non-hydrogen) atoms. The minimum atomic E-state index is -4.59. The van der Waals surface area contributed by atoms with Gasteiger partial charge in [-0.1, -0.05) is 12.1 Å². The highest BCUT2D eigenvalue weighted by atomic mass is 19.4. The number of halogens is 3.